The van der Waals surface area contributed by atoms with Crippen LogP contribution in [0.15, 0.2) is 48.8 Å². The Balaban J connectivity index is 1.69. The van der Waals surface area contributed by atoms with Gasteiger partial charge in [0.2, 0.25) is 0 Å². The van der Waals surface area contributed by atoms with Crippen LogP contribution in [-0.2, 0) is 13.0 Å². The molecule has 0 aliphatic rings. The van der Waals surface area contributed by atoms with Gasteiger partial charge in [-0.15, -0.1) is 0 Å². The molecule has 5 nitrogen and oxygen atoms in total. The highest BCUT2D eigenvalue weighted by Gasteiger charge is 2.11. The molecule has 0 atom stereocenters. The topological polar surface area (TPSA) is 59.8 Å². The SMILES string of the molecule is CCCCn1c(CCNC(=O)c2cccnc2)nc2ccccc21. The first kappa shape index (κ1) is 16.2. The summed E-state index contributed by atoms with van der Waals surface area (Å²) in [6, 6.07) is 11.7. The van der Waals surface area contributed by atoms with E-state index in [1.165, 1.54) is 5.52 Å². The summed E-state index contributed by atoms with van der Waals surface area (Å²) in [4.78, 5) is 20.8. The van der Waals surface area contributed by atoms with Gasteiger partial charge in [0.25, 0.3) is 5.91 Å². The zero-order chi connectivity index (χ0) is 16.8. The van der Waals surface area contributed by atoms with Gasteiger partial charge in [0.05, 0.1) is 16.6 Å². The number of rotatable bonds is 7. The number of nitrogens with zero attached hydrogens (tertiary/aromatic N) is 3. The number of hydrogen-bond acceptors (Lipinski definition) is 3. The molecule has 3 aromatic rings. The first-order valence-electron chi connectivity index (χ1n) is 8.42. The summed E-state index contributed by atoms with van der Waals surface area (Å²) in [5.74, 6) is 0.926. The van der Waals surface area contributed by atoms with Crippen molar-refractivity contribution in [2.75, 3.05) is 6.54 Å². The summed E-state index contributed by atoms with van der Waals surface area (Å²) in [7, 11) is 0. The molecule has 24 heavy (non-hydrogen) atoms. The molecular weight excluding hydrogens is 300 g/mol. The second-order valence-electron chi connectivity index (χ2n) is 5.77. The van der Waals surface area contributed by atoms with Crippen molar-refractivity contribution in [2.45, 2.75) is 32.7 Å². The summed E-state index contributed by atoms with van der Waals surface area (Å²) in [6.45, 7) is 3.71. The molecule has 1 aromatic carbocycles. The molecule has 0 radical (unpaired) electrons. The smallest absolute Gasteiger partial charge is 0.252 e. The highest BCUT2D eigenvalue weighted by Crippen LogP contribution is 2.17. The third-order valence-electron chi connectivity index (χ3n) is 4.03. The molecule has 0 unspecified atom stereocenters. The Bertz CT molecular complexity index is 811. The van der Waals surface area contributed by atoms with Crippen molar-refractivity contribution in [2.24, 2.45) is 0 Å². The average molecular weight is 322 g/mol. The number of para-hydroxylation sites is 2. The molecule has 1 N–H and O–H groups in total. The molecule has 1 amide bonds. The lowest BCUT2D eigenvalue weighted by molar-refractivity contribution is 0.0953. The molecule has 5 heteroatoms. The van der Waals surface area contributed by atoms with Gasteiger partial charge in [-0.3, -0.25) is 9.78 Å². The van der Waals surface area contributed by atoms with E-state index in [4.69, 9.17) is 4.98 Å². The fraction of sp³-hybridized carbons (Fsp3) is 0.316. The molecule has 2 heterocycles. The zero-order valence-electron chi connectivity index (χ0n) is 13.9. The van der Waals surface area contributed by atoms with Gasteiger partial charge in [-0.25, -0.2) is 4.98 Å². The molecule has 0 saturated heterocycles. The fourth-order valence-corrected chi connectivity index (χ4v) is 2.77. The van der Waals surface area contributed by atoms with Crippen LogP contribution in [-0.4, -0.2) is 27.0 Å². The molecule has 0 saturated carbocycles. The van der Waals surface area contributed by atoms with Crippen molar-refractivity contribution in [3.05, 3.63) is 60.2 Å². The fourth-order valence-electron chi connectivity index (χ4n) is 2.77. The second kappa shape index (κ2) is 7.73. The quantitative estimate of drug-likeness (QED) is 0.726. The Labute approximate surface area is 141 Å². The molecule has 0 aliphatic heterocycles. The van der Waals surface area contributed by atoms with E-state index in [2.05, 4.69) is 27.9 Å². The van der Waals surface area contributed by atoms with Gasteiger partial charge in [-0.05, 0) is 30.7 Å². The number of benzene rings is 1. The summed E-state index contributed by atoms with van der Waals surface area (Å²) in [6.07, 6.45) is 6.21. The molecule has 0 aliphatic carbocycles. The van der Waals surface area contributed by atoms with Gasteiger partial charge in [0.1, 0.15) is 5.82 Å². The van der Waals surface area contributed by atoms with Gasteiger partial charge in [-0.1, -0.05) is 25.5 Å². The van der Waals surface area contributed by atoms with Crippen molar-refractivity contribution in [1.29, 1.82) is 0 Å². The van der Waals surface area contributed by atoms with Crippen LogP contribution in [0.1, 0.15) is 35.9 Å². The number of hydrogen-bond donors (Lipinski definition) is 1. The van der Waals surface area contributed by atoms with E-state index in [0.717, 1.165) is 30.7 Å². The second-order valence-corrected chi connectivity index (χ2v) is 5.77. The maximum absolute atomic E-state index is 12.1. The van der Waals surface area contributed by atoms with Crippen molar-refractivity contribution in [3.8, 4) is 0 Å². The summed E-state index contributed by atoms with van der Waals surface area (Å²) in [5.41, 5.74) is 2.76. The molecule has 3 rings (SSSR count). The van der Waals surface area contributed by atoms with Crippen molar-refractivity contribution >= 4 is 16.9 Å². The molecule has 0 fully saturated rings. The largest absolute Gasteiger partial charge is 0.352 e. The predicted octanol–water partition coefficient (Wildman–Crippen LogP) is 3.20. The van der Waals surface area contributed by atoms with Crippen LogP contribution in [0.2, 0.25) is 0 Å². The maximum Gasteiger partial charge on any atom is 0.252 e. The number of carbonyl (C=O) groups is 1. The van der Waals surface area contributed by atoms with Crippen LogP contribution in [0.3, 0.4) is 0 Å². The lowest BCUT2D eigenvalue weighted by atomic mass is 10.2. The van der Waals surface area contributed by atoms with E-state index < -0.39 is 0 Å². The van der Waals surface area contributed by atoms with Crippen LogP contribution in [0, 0.1) is 0 Å². The van der Waals surface area contributed by atoms with Gasteiger partial charge in [0, 0.05) is 31.9 Å². The number of carbonyl (C=O) groups excluding carboxylic acids is 1. The highest BCUT2D eigenvalue weighted by atomic mass is 16.1. The molecule has 124 valence electrons. The van der Waals surface area contributed by atoms with Crippen LogP contribution in [0.25, 0.3) is 11.0 Å². The normalized spacial score (nSPS) is 10.9. The van der Waals surface area contributed by atoms with E-state index >= 15 is 0 Å². The lowest BCUT2D eigenvalue weighted by Gasteiger charge is -2.09. The monoisotopic (exact) mass is 322 g/mol. The van der Waals surface area contributed by atoms with Crippen LogP contribution < -0.4 is 5.32 Å². The highest BCUT2D eigenvalue weighted by molar-refractivity contribution is 5.93. The minimum atomic E-state index is -0.0979. The number of pyridine rings is 1. The first-order valence-corrected chi connectivity index (χ1v) is 8.42. The van der Waals surface area contributed by atoms with Gasteiger partial charge in [0.15, 0.2) is 0 Å². The predicted molar refractivity (Wildman–Crippen MR) is 94.9 cm³/mol. The Morgan fingerprint density at radius 3 is 2.88 bits per heavy atom. The zero-order valence-corrected chi connectivity index (χ0v) is 13.9. The van der Waals surface area contributed by atoms with E-state index in [1.54, 1.807) is 24.5 Å². The number of amides is 1. The molecular formula is C19H22N4O. The summed E-state index contributed by atoms with van der Waals surface area (Å²) >= 11 is 0. The standard InChI is InChI=1S/C19H22N4O/c1-2-3-13-23-17-9-5-4-8-16(17)22-18(23)10-12-21-19(24)15-7-6-11-20-14-15/h4-9,11,14H,2-3,10,12-13H2,1H3,(H,21,24). The maximum atomic E-state index is 12.1. The average Bonchev–Trinajstić information content (AvgIpc) is 2.98. The Morgan fingerprint density at radius 1 is 1.21 bits per heavy atom. The van der Waals surface area contributed by atoms with Gasteiger partial charge < -0.3 is 9.88 Å². The Morgan fingerprint density at radius 2 is 2.08 bits per heavy atom. The van der Waals surface area contributed by atoms with Crippen molar-refractivity contribution in [1.82, 2.24) is 19.9 Å². The molecule has 0 bridgehead atoms. The number of aromatic nitrogens is 3. The summed E-state index contributed by atoms with van der Waals surface area (Å²) < 4.78 is 2.27. The number of fused-ring (bicyclic) bond motifs is 1. The van der Waals surface area contributed by atoms with E-state index in [9.17, 15) is 4.79 Å². The number of imidazole rings is 1. The van der Waals surface area contributed by atoms with Crippen LogP contribution in [0.5, 0.6) is 0 Å². The number of aryl methyl sites for hydroxylation is 1. The third kappa shape index (κ3) is 3.62. The van der Waals surface area contributed by atoms with Crippen molar-refractivity contribution in [3.63, 3.8) is 0 Å². The number of unbranched alkanes of at least 4 members (excludes halogenated alkanes) is 1. The lowest BCUT2D eigenvalue weighted by Crippen LogP contribution is -2.26. The van der Waals surface area contributed by atoms with Crippen molar-refractivity contribution < 1.29 is 4.79 Å². The molecule has 2 aromatic heterocycles. The van der Waals surface area contributed by atoms with E-state index in [0.29, 0.717) is 18.5 Å². The van der Waals surface area contributed by atoms with Gasteiger partial charge in [-0.2, -0.15) is 0 Å². The minimum Gasteiger partial charge on any atom is -0.352 e. The minimum absolute atomic E-state index is 0.0979. The number of nitrogens with one attached hydrogen (secondary N) is 1. The van der Waals surface area contributed by atoms with Gasteiger partial charge >= 0.3 is 0 Å². The van der Waals surface area contributed by atoms with Crippen LogP contribution >= 0.6 is 0 Å². The Kier molecular flexibility index (Phi) is 5.21. The molecule has 0 spiro atoms. The van der Waals surface area contributed by atoms with E-state index in [1.807, 2.05) is 18.2 Å². The van der Waals surface area contributed by atoms with Crippen LogP contribution in [0.4, 0.5) is 0 Å². The first-order chi connectivity index (χ1) is 11.8. The third-order valence-corrected chi connectivity index (χ3v) is 4.03. The summed E-state index contributed by atoms with van der Waals surface area (Å²) in [5, 5.41) is 2.94. The van der Waals surface area contributed by atoms with E-state index in [-0.39, 0.29) is 5.91 Å². The Hall–Kier alpha value is -2.69.